The van der Waals surface area contributed by atoms with Gasteiger partial charge in [-0.25, -0.2) is 0 Å². The number of carbonyl (C=O) groups excluding carboxylic acids is 1. The zero-order valence-electron chi connectivity index (χ0n) is 20.4. The quantitative estimate of drug-likeness (QED) is 0.303. The van der Waals surface area contributed by atoms with Crippen LogP contribution in [0, 0.1) is 0 Å². The highest BCUT2D eigenvalue weighted by Crippen LogP contribution is 2.22. The van der Waals surface area contributed by atoms with E-state index in [1.807, 2.05) is 0 Å². The average Bonchev–Trinajstić information content (AvgIpc) is 2.77. The first kappa shape index (κ1) is 27.4. The third-order valence-corrected chi connectivity index (χ3v) is 6.33. The maximum atomic E-state index is 13.6. The van der Waals surface area contributed by atoms with Gasteiger partial charge in [-0.3, -0.25) is 4.79 Å². The van der Waals surface area contributed by atoms with Crippen molar-refractivity contribution in [1.29, 1.82) is 0 Å². The Labute approximate surface area is 189 Å². The maximum Gasteiger partial charge on any atom is 0.446 e. The summed E-state index contributed by atoms with van der Waals surface area (Å²) in [4.78, 5) is 11.6. The van der Waals surface area contributed by atoms with E-state index >= 15 is 0 Å². The molecule has 0 bridgehead atoms. The van der Waals surface area contributed by atoms with Crippen LogP contribution in [0.2, 0.25) is 0 Å². The standard InChI is InChI=1S/C16H36N.C8H8BF2N2O/c1-5-9-13-17(14-10-6-2,15-11-7-3)16-12-8-4;1-13-8(14)12-7-5-3-2-4-6(7)9(13,10)11/h5-16H2,1-4H3;2-5H,1H3,(H,12,14)/q+1;-1. The Balaban J connectivity index is 0.000000314. The Kier molecular flexibility index (Phi) is 12.1. The lowest BCUT2D eigenvalue weighted by atomic mass is 9.67. The van der Waals surface area contributed by atoms with Gasteiger partial charge in [0.15, 0.2) is 0 Å². The van der Waals surface area contributed by atoms with Crippen molar-refractivity contribution in [3.8, 4) is 0 Å². The number of halogens is 2. The first-order chi connectivity index (χ1) is 14.8. The van der Waals surface area contributed by atoms with Crippen LogP contribution in [0.4, 0.5) is 19.1 Å². The first-order valence-corrected chi connectivity index (χ1v) is 12.3. The second kappa shape index (κ2) is 13.7. The molecular weight excluding hydrogens is 395 g/mol. The van der Waals surface area contributed by atoms with Gasteiger partial charge in [0.1, 0.15) is 0 Å². The predicted octanol–water partition coefficient (Wildman–Crippen LogP) is 6.25. The second-order valence-electron chi connectivity index (χ2n) is 8.90. The lowest BCUT2D eigenvalue weighted by molar-refractivity contribution is -0.929. The molecule has 1 aliphatic rings. The van der Waals surface area contributed by atoms with Crippen LogP contribution in [0.25, 0.3) is 0 Å². The lowest BCUT2D eigenvalue weighted by Crippen LogP contribution is -2.62. The van der Waals surface area contributed by atoms with Gasteiger partial charge >= 0.3 is 6.84 Å². The summed E-state index contributed by atoms with van der Waals surface area (Å²) >= 11 is 0. The van der Waals surface area contributed by atoms with Crippen molar-refractivity contribution in [2.24, 2.45) is 0 Å². The molecule has 178 valence electrons. The highest BCUT2D eigenvalue weighted by Gasteiger charge is 2.40. The topological polar surface area (TPSA) is 32.3 Å². The molecule has 1 aromatic rings. The lowest BCUT2D eigenvalue weighted by Gasteiger charge is -2.41. The molecule has 0 unspecified atom stereocenters. The summed E-state index contributed by atoms with van der Waals surface area (Å²) in [5.41, 5.74) is 0.0789. The van der Waals surface area contributed by atoms with Crippen molar-refractivity contribution in [2.45, 2.75) is 79.1 Å². The van der Waals surface area contributed by atoms with E-state index in [-0.39, 0.29) is 11.2 Å². The molecule has 31 heavy (non-hydrogen) atoms. The molecule has 7 heteroatoms. The number of nitrogens with one attached hydrogen (secondary N) is 1. The number of quaternary nitrogens is 1. The van der Waals surface area contributed by atoms with E-state index < -0.39 is 12.9 Å². The molecule has 0 radical (unpaired) electrons. The van der Waals surface area contributed by atoms with Gasteiger partial charge < -0.3 is 23.2 Å². The Morgan fingerprint density at radius 1 is 0.839 bits per heavy atom. The molecule has 0 saturated heterocycles. The number of rotatable bonds is 12. The molecular formula is C24H44BF2N3O. The second-order valence-corrected chi connectivity index (χ2v) is 8.90. The van der Waals surface area contributed by atoms with Crippen LogP contribution in [-0.4, -0.2) is 55.4 Å². The van der Waals surface area contributed by atoms with Gasteiger partial charge in [0.25, 0.3) is 6.03 Å². The van der Waals surface area contributed by atoms with Crippen LogP contribution in [0.15, 0.2) is 24.3 Å². The fourth-order valence-electron chi connectivity index (χ4n) is 4.12. The summed E-state index contributed by atoms with van der Waals surface area (Å²) < 4.78 is 28.6. The van der Waals surface area contributed by atoms with E-state index in [9.17, 15) is 13.4 Å². The van der Waals surface area contributed by atoms with Crippen molar-refractivity contribution in [2.75, 3.05) is 38.5 Å². The van der Waals surface area contributed by atoms with Gasteiger partial charge in [-0.05, 0) is 38.8 Å². The SMILES string of the molecule is CCCC[N+](CCCC)(CCCC)CCCC.CN1C(=O)Nc2ccccc2[B-]1(F)F. The average molecular weight is 439 g/mol. The number of benzene rings is 1. The van der Waals surface area contributed by atoms with Crippen LogP contribution >= 0.6 is 0 Å². The minimum Gasteiger partial charge on any atom is -0.454 e. The number of unbranched alkanes of at least 4 members (excludes halogenated alkanes) is 4. The molecule has 1 aromatic carbocycles. The molecule has 4 nitrogen and oxygen atoms in total. The Morgan fingerprint density at radius 3 is 1.68 bits per heavy atom. The van der Waals surface area contributed by atoms with Crippen molar-refractivity contribution >= 4 is 24.0 Å². The Bertz CT molecular complexity index is 620. The fourth-order valence-corrected chi connectivity index (χ4v) is 4.12. The largest absolute Gasteiger partial charge is 0.454 e. The van der Waals surface area contributed by atoms with Gasteiger partial charge in [-0.15, -0.1) is 0 Å². The molecule has 1 heterocycles. The minimum atomic E-state index is -3.92. The van der Waals surface area contributed by atoms with Crippen LogP contribution in [0.5, 0.6) is 0 Å². The molecule has 0 atom stereocenters. The van der Waals surface area contributed by atoms with Crippen LogP contribution in [0.1, 0.15) is 79.1 Å². The Hall–Kier alpha value is -1.63. The fraction of sp³-hybridized carbons (Fsp3) is 0.708. The summed E-state index contributed by atoms with van der Waals surface area (Å²) in [7, 11) is 1.09. The van der Waals surface area contributed by atoms with Gasteiger partial charge in [0.2, 0.25) is 0 Å². The monoisotopic (exact) mass is 439 g/mol. The number of fused-ring (bicyclic) bond motifs is 1. The normalized spacial score (nSPS) is 15.1. The number of hydrogen-bond donors (Lipinski definition) is 1. The maximum absolute atomic E-state index is 13.6. The molecule has 0 fully saturated rings. The van der Waals surface area contributed by atoms with Crippen LogP contribution in [-0.2, 0) is 0 Å². The van der Waals surface area contributed by atoms with Crippen molar-refractivity contribution < 1.29 is 17.9 Å². The van der Waals surface area contributed by atoms with Gasteiger partial charge in [0.05, 0.1) is 26.2 Å². The van der Waals surface area contributed by atoms with E-state index in [1.54, 1.807) is 6.07 Å². The summed E-state index contributed by atoms with van der Waals surface area (Å²) in [5, 5.41) is 2.39. The van der Waals surface area contributed by atoms with E-state index in [2.05, 4.69) is 33.0 Å². The predicted molar refractivity (Wildman–Crippen MR) is 130 cm³/mol. The molecule has 2 rings (SSSR count). The zero-order valence-corrected chi connectivity index (χ0v) is 20.4. The minimum absolute atomic E-state index is 0.116. The number of nitrogens with zero attached hydrogens (tertiary/aromatic N) is 2. The molecule has 0 aromatic heterocycles. The van der Waals surface area contributed by atoms with Crippen LogP contribution in [0.3, 0.4) is 0 Å². The van der Waals surface area contributed by atoms with E-state index in [0.29, 0.717) is 4.81 Å². The molecule has 0 spiro atoms. The molecule has 2 amide bonds. The molecule has 1 N–H and O–H groups in total. The van der Waals surface area contributed by atoms with Crippen molar-refractivity contribution in [1.82, 2.24) is 4.81 Å². The molecule has 1 aliphatic heterocycles. The first-order valence-electron chi connectivity index (χ1n) is 12.3. The van der Waals surface area contributed by atoms with E-state index in [4.69, 9.17) is 0 Å². The van der Waals surface area contributed by atoms with Gasteiger partial charge in [-0.1, -0.05) is 77.0 Å². The summed E-state index contributed by atoms with van der Waals surface area (Å²) in [6.07, 6.45) is 11.1. The van der Waals surface area contributed by atoms with Crippen LogP contribution < -0.4 is 10.8 Å². The zero-order chi connectivity index (χ0) is 23.3. The number of carbonyl (C=O) groups is 1. The van der Waals surface area contributed by atoms with Gasteiger partial charge in [-0.2, -0.15) is 0 Å². The highest BCUT2D eigenvalue weighted by molar-refractivity contribution is 6.81. The smallest absolute Gasteiger partial charge is 0.446 e. The number of urea groups is 1. The summed E-state index contributed by atoms with van der Waals surface area (Å²) in [6.45, 7) is 11.1. The third kappa shape index (κ3) is 8.10. The number of para-hydroxylation sites is 1. The number of anilines is 1. The Morgan fingerprint density at radius 2 is 1.26 bits per heavy atom. The molecule has 0 aliphatic carbocycles. The summed E-state index contributed by atoms with van der Waals surface area (Å²) in [5.74, 6) is 0. The van der Waals surface area contributed by atoms with E-state index in [1.165, 1.54) is 100 Å². The third-order valence-electron chi connectivity index (χ3n) is 6.33. The van der Waals surface area contributed by atoms with Gasteiger partial charge in [0, 0.05) is 5.69 Å². The number of hydrogen-bond acceptors (Lipinski definition) is 1. The summed E-state index contributed by atoms with van der Waals surface area (Å²) in [6, 6.07) is 5.16. The van der Waals surface area contributed by atoms with Crippen molar-refractivity contribution in [3.63, 3.8) is 0 Å². The number of amides is 2. The van der Waals surface area contributed by atoms with E-state index in [0.717, 1.165) is 7.05 Å². The van der Waals surface area contributed by atoms with Crippen molar-refractivity contribution in [3.05, 3.63) is 24.3 Å². The molecule has 0 saturated carbocycles. The highest BCUT2D eigenvalue weighted by atomic mass is 19.2.